The summed E-state index contributed by atoms with van der Waals surface area (Å²) in [5.74, 6) is 3.50. The van der Waals surface area contributed by atoms with Crippen LogP contribution in [0.15, 0.2) is 6.07 Å². The Balaban J connectivity index is 2.56. The first-order valence-electron chi connectivity index (χ1n) is 7.97. The molecule has 1 aromatic heterocycles. The van der Waals surface area contributed by atoms with Gasteiger partial charge in [-0.15, -0.1) is 0 Å². The maximum absolute atomic E-state index is 5.57. The molecule has 0 amide bonds. The van der Waals surface area contributed by atoms with E-state index in [9.17, 15) is 0 Å². The van der Waals surface area contributed by atoms with Crippen LogP contribution >= 0.6 is 0 Å². The van der Waals surface area contributed by atoms with Gasteiger partial charge < -0.3 is 15.4 Å². The van der Waals surface area contributed by atoms with Gasteiger partial charge in [0.25, 0.3) is 0 Å². The van der Waals surface area contributed by atoms with Crippen molar-refractivity contribution in [3.63, 3.8) is 0 Å². The van der Waals surface area contributed by atoms with Crippen molar-refractivity contribution >= 4 is 11.6 Å². The predicted octanol–water partition coefficient (Wildman–Crippen LogP) is 3.51. The van der Waals surface area contributed by atoms with E-state index >= 15 is 0 Å². The standard InChI is InChI=1S/C16H30N4O/c1-6-7-17-14-10-15(20-16(19-14)13(4)5)18-8-9-21-11-12(2)3/h10,12-13H,6-9,11H2,1-5H3,(H2,17,18,19,20). The van der Waals surface area contributed by atoms with Gasteiger partial charge >= 0.3 is 0 Å². The zero-order chi connectivity index (χ0) is 15.7. The zero-order valence-electron chi connectivity index (χ0n) is 14.1. The van der Waals surface area contributed by atoms with Crippen molar-refractivity contribution in [2.24, 2.45) is 5.92 Å². The largest absolute Gasteiger partial charge is 0.379 e. The van der Waals surface area contributed by atoms with Crippen LogP contribution in [0.5, 0.6) is 0 Å². The number of hydrogen-bond acceptors (Lipinski definition) is 5. The number of rotatable bonds is 10. The van der Waals surface area contributed by atoms with Crippen molar-refractivity contribution < 1.29 is 4.74 Å². The molecule has 120 valence electrons. The summed E-state index contributed by atoms with van der Waals surface area (Å²) in [6.07, 6.45) is 1.08. The van der Waals surface area contributed by atoms with Gasteiger partial charge in [0, 0.05) is 31.7 Å². The van der Waals surface area contributed by atoms with Crippen molar-refractivity contribution in [2.45, 2.75) is 47.0 Å². The van der Waals surface area contributed by atoms with Crippen LogP contribution in [0, 0.1) is 5.92 Å². The summed E-state index contributed by atoms with van der Waals surface area (Å²) in [6, 6.07) is 1.96. The summed E-state index contributed by atoms with van der Waals surface area (Å²) in [5.41, 5.74) is 0. The SMILES string of the molecule is CCCNc1cc(NCCOCC(C)C)nc(C(C)C)n1. The summed E-state index contributed by atoms with van der Waals surface area (Å²) in [5, 5.41) is 6.64. The number of aromatic nitrogens is 2. The van der Waals surface area contributed by atoms with Crippen LogP contribution in [-0.2, 0) is 4.74 Å². The van der Waals surface area contributed by atoms with E-state index in [1.54, 1.807) is 0 Å². The first kappa shape index (κ1) is 17.7. The van der Waals surface area contributed by atoms with E-state index < -0.39 is 0 Å². The molecule has 0 bridgehead atoms. The molecule has 1 heterocycles. The molecule has 0 atom stereocenters. The number of nitrogens with zero attached hydrogens (tertiary/aromatic N) is 2. The van der Waals surface area contributed by atoms with Crippen LogP contribution in [-0.4, -0.2) is 36.3 Å². The quantitative estimate of drug-likeness (QED) is 0.647. The Morgan fingerprint density at radius 3 is 2.19 bits per heavy atom. The molecule has 0 aliphatic rings. The molecule has 2 N–H and O–H groups in total. The second-order valence-electron chi connectivity index (χ2n) is 5.97. The highest BCUT2D eigenvalue weighted by Crippen LogP contribution is 2.16. The third-order valence-corrected chi connectivity index (χ3v) is 2.82. The smallest absolute Gasteiger partial charge is 0.135 e. The van der Waals surface area contributed by atoms with Crippen molar-refractivity contribution in [1.82, 2.24) is 9.97 Å². The lowest BCUT2D eigenvalue weighted by Crippen LogP contribution is -2.14. The molecule has 0 aromatic carbocycles. The van der Waals surface area contributed by atoms with E-state index in [1.165, 1.54) is 0 Å². The minimum Gasteiger partial charge on any atom is -0.379 e. The number of nitrogens with one attached hydrogen (secondary N) is 2. The van der Waals surface area contributed by atoms with E-state index in [1.807, 2.05) is 6.07 Å². The fourth-order valence-corrected chi connectivity index (χ4v) is 1.73. The highest BCUT2D eigenvalue weighted by atomic mass is 16.5. The Bertz CT molecular complexity index is 407. The van der Waals surface area contributed by atoms with Gasteiger partial charge in [-0.2, -0.15) is 0 Å². The minimum atomic E-state index is 0.311. The molecule has 21 heavy (non-hydrogen) atoms. The molecule has 1 aromatic rings. The van der Waals surface area contributed by atoms with E-state index in [4.69, 9.17) is 4.74 Å². The summed E-state index contributed by atoms with van der Waals surface area (Å²) in [6.45, 7) is 13.8. The number of anilines is 2. The highest BCUT2D eigenvalue weighted by molar-refractivity contribution is 5.47. The fraction of sp³-hybridized carbons (Fsp3) is 0.750. The molecule has 0 spiro atoms. The van der Waals surface area contributed by atoms with Crippen molar-refractivity contribution in [2.75, 3.05) is 36.9 Å². The number of ether oxygens (including phenoxy) is 1. The average Bonchev–Trinajstić information content (AvgIpc) is 2.44. The molecule has 0 fully saturated rings. The molecule has 0 unspecified atom stereocenters. The van der Waals surface area contributed by atoms with Gasteiger partial charge in [0.05, 0.1) is 6.61 Å². The Kier molecular flexibility index (Phi) is 8.05. The highest BCUT2D eigenvalue weighted by Gasteiger charge is 2.07. The first-order chi connectivity index (χ1) is 10.0. The predicted molar refractivity (Wildman–Crippen MR) is 89.0 cm³/mol. The molecule has 0 aliphatic carbocycles. The summed E-state index contributed by atoms with van der Waals surface area (Å²) >= 11 is 0. The number of hydrogen-bond donors (Lipinski definition) is 2. The lowest BCUT2D eigenvalue weighted by Gasteiger charge is -2.13. The minimum absolute atomic E-state index is 0.311. The Morgan fingerprint density at radius 1 is 1.05 bits per heavy atom. The Hall–Kier alpha value is -1.36. The van der Waals surface area contributed by atoms with Gasteiger partial charge in [-0.3, -0.25) is 0 Å². The van der Waals surface area contributed by atoms with Crippen molar-refractivity contribution in [3.8, 4) is 0 Å². The molecule has 0 saturated carbocycles. The summed E-state index contributed by atoms with van der Waals surface area (Å²) in [4.78, 5) is 9.10. The lowest BCUT2D eigenvalue weighted by molar-refractivity contribution is 0.118. The summed E-state index contributed by atoms with van der Waals surface area (Å²) < 4.78 is 5.57. The van der Waals surface area contributed by atoms with Crippen molar-refractivity contribution in [3.05, 3.63) is 11.9 Å². The van der Waals surface area contributed by atoms with Gasteiger partial charge in [0.1, 0.15) is 17.5 Å². The van der Waals surface area contributed by atoms with Gasteiger partial charge in [-0.05, 0) is 12.3 Å². The molecule has 1 rings (SSSR count). The second-order valence-corrected chi connectivity index (χ2v) is 5.97. The van der Waals surface area contributed by atoms with Gasteiger partial charge in [-0.1, -0.05) is 34.6 Å². The molecule has 0 saturated heterocycles. The van der Waals surface area contributed by atoms with Crippen LogP contribution in [0.25, 0.3) is 0 Å². The molecular formula is C16H30N4O. The normalized spacial score (nSPS) is 11.2. The average molecular weight is 294 g/mol. The van der Waals surface area contributed by atoms with E-state index in [0.717, 1.165) is 43.6 Å². The van der Waals surface area contributed by atoms with Crippen LogP contribution in [0.4, 0.5) is 11.6 Å². The zero-order valence-corrected chi connectivity index (χ0v) is 14.1. The van der Waals surface area contributed by atoms with Gasteiger partial charge in [0.2, 0.25) is 0 Å². The third kappa shape index (κ3) is 7.27. The molecule has 5 heteroatoms. The van der Waals surface area contributed by atoms with E-state index in [2.05, 4.69) is 55.2 Å². The maximum Gasteiger partial charge on any atom is 0.135 e. The first-order valence-corrected chi connectivity index (χ1v) is 7.97. The lowest BCUT2D eigenvalue weighted by atomic mass is 10.2. The van der Waals surface area contributed by atoms with Gasteiger partial charge in [-0.25, -0.2) is 9.97 Å². The van der Waals surface area contributed by atoms with Crippen LogP contribution in [0.3, 0.4) is 0 Å². The molecule has 0 aliphatic heterocycles. The Labute approximate surface area is 128 Å². The van der Waals surface area contributed by atoms with E-state index in [0.29, 0.717) is 18.4 Å². The van der Waals surface area contributed by atoms with Crippen LogP contribution < -0.4 is 10.6 Å². The van der Waals surface area contributed by atoms with E-state index in [-0.39, 0.29) is 0 Å². The second kappa shape index (κ2) is 9.55. The van der Waals surface area contributed by atoms with Crippen LogP contribution in [0.1, 0.15) is 52.8 Å². The monoisotopic (exact) mass is 294 g/mol. The Morgan fingerprint density at radius 2 is 1.67 bits per heavy atom. The molecular weight excluding hydrogens is 264 g/mol. The summed E-state index contributed by atoms with van der Waals surface area (Å²) in [7, 11) is 0. The molecule has 0 radical (unpaired) electrons. The topological polar surface area (TPSA) is 59.1 Å². The maximum atomic E-state index is 5.57. The van der Waals surface area contributed by atoms with Gasteiger partial charge in [0.15, 0.2) is 0 Å². The van der Waals surface area contributed by atoms with Crippen LogP contribution in [0.2, 0.25) is 0 Å². The third-order valence-electron chi connectivity index (χ3n) is 2.82. The fourth-order valence-electron chi connectivity index (χ4n) is 1.73. The molecule has 5 nitrogen and oxygen atoms in total. The van der Waals surface area contributed by atoms with Crippen molar-refractivity contribution in [1.29, 1.82) is 0 Å².